The molecule has 0 aliphatic heterocycles. The van der Waals surface area contributed by atoms with Gasteiger partial charge in [0.25, 0.3) is 0 Å². The van der Waals surface area contributed by atoms with Gasteiger partial charge in [0, 0.05) is 12.2 Å². The summed E-state index contributed by atoms with van der Waals surface area (Å²) in [6.45, 7) is 0.139. The molecule has 0 atom stereocenters. The number of nitrogen functional groups attached to an aromatic ring is 1. The SMILES string of the molecule is Nc1c(C(=O)c2ccc(CCCO)cc2)cnn1-c1ccc(F)cc1. The second-order valence-electron chi connectivity index (χ2n) is 5.68. The van der Waals surface area contributed by atoms with Crippen molar-refractivity contribution < 1.29 is 14.3 Å². The number of carbonyl (C=O) groups excluding carboxylic acids is 1. The molecule has 128 valence electrons. The topological polar surface area (TPSA) is 81.1 Å². The highest BCUT2D eigenvalue weighted by Crippen LogP contribution is 2.21. The maximum absolute atomic E-state index is 13.0. The van der Waals surface area contributed by atoms with Crippen LogP contribution in [0.5, 0.6) is 0 Å². The van der Waals surface area contributed by atoms with Crippen LogP contribution >= 0.6 is 0 Å². The minimum atomic E-state index is -0.355. The maximum atomic E-state index is 13.0. The van der Waals surface area contributed by atoms with Crippen LogP contribution < -0.4 is 5.73 Å². The molecule has 0 bridgehead atoms. The van der Waals surface area contributed by atoms with E-state index in [0.29, 0.717) is 23.2 Å². The molecule has 0 aliphatic carbocycles. The lowest BCUT2D eigenvalue weighted by Gasteiger charge is -2.06. The second kappa shape index (κ2) is 7.27. The zero-order valence-electron chi connectivity index (χ0n) is 13.5. The fourth-order valence-electron chi connectivity index (χ4n) is 2.58. The van der Waals surface area contributed by atoms with Gasteiger partial charge in [0.15, 0.2) is 5.78 Å². The Morgan fingerprint density at radius 2 is 1.80 bits per heavy atom. The number of rotatable bonds is 6. The number of aromatic nitrogens is 2. The highest BCUT2D eigenvalue weighted by atomic mass is 19.1. The lowest BCUT2D eigenvalue weighted by molar-refractivity contribution is 0.103. The fraction of sp³-hybridized carbons (Fsp3) is 0.158. The number of benzene rings is 2. The smallest absolute Gasteiger partial charge is 0.198 e. The van der Waals surface area contributed by atoms with E-state index >= 15 is 0 Å². The molecule has 1 aromatic heterocycles. The van der Waals surface area contributed by atoms with E-state index in [0.717, 1.165) is 12.0 Å². The Kier molecular flexibility index (Phi) is 4.90. The van der Waals surface area contributed by atoms with Crippen LogP contribution in [0.3, 0.4) is 0 Å². The molecule has 0 radical (unpaired) electrons. The average Bonchev–Trinajstić information content (AvgIpc) is 3.02. The summed E-state index contributed by atoms with van der Waals surface area (Å²) in [5, 5.41) is 13.0. The van der Waals surface area contributed by atoms with Gasteiger partial charge in [0.2, 0.25) is 0 Å². The van der Waals surface area contributed by atoms with Crippen molar-refractivity contribution in [2.24, 2.45) is 0 Å². The molecule has 3 N–H and O–H groups in total. The molecular formula is C19H18FN3O2. The van der Waals surface area contributed by atoms with Crippen molar-refractivity contribution in [2.75, 3.05) is 12.3 Å². The lowest BCUT2D eigenvalue weighted by Crippen LogP contribution is -2.07. The first-order valence-electron chi connectivity index (χ1n) is 7.94. The summed E-state index contributed by atoms with van der Waals surface area (Å²) in [6.07, 6.45) is 2.86. The van der Waals surface area contributed by atoms with E-state index in [4.69, 9.17) is 10.8 Å². The van der Waals surface area contributed by atoms with Crippen molar-refractivity contribution >= 4 is 11.6 Å². The Balaban J connectivity index is 1.84. The number of aryl methyl sites for hydroxylation is 1. The molecule has 0 spiro atoms. The average molecular weight is 339 g/mol. The van der Waals surface area contributed by atoms with Crippen LogP contribution in [0.25, 0.3) is 5.69 Å². The van der Waals surface area contributed by atoms with Crippen LogP contribution in [0.15, 0.2) is 54.7 Å². The van der Waals surface area contributed by atoms with Crippen LogP contribution in [0, 0.1) is 5.82 Å². The van der Waals surface area contributed by atoms with Crippen molar-refractivity contribution in [3.8, 4) is 5.69 Å². The largest absolute Gasteiger partial charge is 0.396 e. The molecule has 0 amide bonds. The van der Waals surface area contributed by atoms with E-state index in [2.05, 4.69) is 5.10 Å². The quantitative estimate of drug-likeness (QED) is 0.677. The molecule has 0 fully saturated rings. The predicted octanol–water partition coefficient (Wildman–Crippen LogP) is 2.75. The van der Waals surface area contributed by atoms with Crippen molar-refractivity contribution in [1.29, 1.82) is 0 Å². The number of nitrogens with zero attached hydrogens (tertiary/aromatic N) is 2. The number of hydrogen-bond acceptors (Lipinski definition) is 4. The van der Waals surface area contributed by atoms with E-state index < -0.39 is 0 Å². The van der Waals surface area contributed by atoms with Crippen LogP contribution in [-0.2, 0) is 6.42 Å². The third-order valence-electron chi connectivity index (χ3n) is 3.96. The first-order valence-corrected chi connectivity index (χ1v) is 7.94. The van der Waals surface area contributed by atoms with E-state index in [-0.39, 0.29) is 24.0 Å². The summed E-state index contributed by atoms with van der Waals surface area (Å²) >= 11 is 0. The minimum absolute atomic E-state index is 0.139. The summed E-state index contributed by atoms with van der Waals surface area (Å²) in [4.78, 5) is 12.7. The molecule has 0 unspecified atom stereocenters. The molecule has 1 heterocycles. The van der Waals surface area contributed by atoms with Crippen molar-refractivity contribution in [2.45, 2.75) is 12.8 Å². The zero-order valence-corrected chi connectivity index (χ0v) is 13.5. The highest BCUT2D eigenvalue weighted by Gasteiger charge is 2.17. The van der Waals surface area contributed by atoms with Gasteiger partial charge in [0.05, 0.1) is 17.4 Å². The molecule has 5 nitrogen and oxygen atoms in total. The Labute approximate surface area is 144 Å². The third-order valence-corrected chi connectivity index (χ3v) is 3.96. The molecular weight excluding hydrogens is 321 g/mol. The predicted molar refractivity (Wildman–Crippen MR) is 93.2 cm³/mol. The number of nitrogens with two attached hydrogens (primary N) is 1. The standard InChI is InChI=1S/C19H18FN3O2/c20-15-7-9-16(10-8-15)23-19(21)17(12-22-23)18(25)14-5-3-13(4-6-14)2-1-11-24/h3-10,12,24H,1-2,11,21H2. The Hall–Kier alpha value is -2.99. The fourth-order valence-corrected chi connectivity index (χ4v) is 2.58. The summed E-state index contributed by atoms with van der Waals surface area (Å²) in [7, 11) is 0. The molecule has 3 aromatic rings. The molecule has 2 aromatic carbocycles. The van der Waals surface area contributed by atoms with Crippen molar-refractivity contribution in [1.82, 2.24) is 9.78 Å². The normalized spacial score (nSPS) is 10.8. The Morgan fingerprint density at radius 3 is 2.44 bits per heavy atom. The van der Waals surface area contributed by atoms with Gasteiger partial charge in [0.1, 0.15) is 11.6 Å². The number of aliphatic hydroxyl groups excluding tert-OH is 1. The van der Waals surface area contributed by atoms with E-state index in [1.165, 1.54) is 23.0 Å². The maximum Gasteiger partial charge on any atom is 0.198 e. The van der Waals surface area contributed by atoms with Crippen molar-refractivity contribution in [3.05, 3.63) is 77.2 Å². The van der Waals surface area contributed by atoms with Crippen molar-refractivity contribution in [3.63, 3.8) is 0 Å². The van der Waals surface area contributed by atoms with Gasteiger partial charge in [-0.05, 0) is 42.7 Å². The van der Waals surface area contributed by atoms with Gasteiger partial charge < -0.3 is 10.8 Å². The van der Waals surface area contributed by atoms with Gasteiger partial charge in [-0.2, -0.15) is 5.10 Å². The van der Waals surface area contributed by atoms with Gasteiger partial charge in [-0.3, -0.25) is 4.79 Å². The number of halogens is 1. The Morgan fingerprint density at radius 1 is 1.12 bits per heavy atom. The van der Waals surface area contributed by atoms with E-state index in [1.54, 1.807) is 24.3 Å². The van der Waals surface area contributed by atoms with Gasteiger partial charge in [-0.1, -0.05) is 24.3 Å². The molecule has 0 saturated carbocycles. The number of carbonyl (C=O) groups is 1. The minimum Gasteiger partial charge on any atom is -0.396 e. The van der Waals surface area contributed by atoms with Gasteiger partial charge in [-0.15, -0.1) is 0 Å². The summed E-state index contributed by atoms with van der Waals surface area (Å²) in [5.41, 5.74) is 8.51. The monoisotopic (exact) mass is 339 g/mol. The number of hydrogen-bond donors (Lipinski definition) is 2. The third kappa shape index (κ3) is 3.59. The first kappa shape index (κ1) is 16.9. The molecule has 6 heteroatoms. The summed E-state index contributed by atoms with van der Waals surface area (Å²) in [5.74, 6) is -0.368. The lowest BCUT2D eigenvalue weighted by atomic mass is 10.0. The van der Waals surface area contributed by atoms with Crippen LogP contribution in [0.1, 0.15) is 27.9 Å². The number of ketones is 1. The summed E-state index contributed by atoms with van der Waals surface area (Å²) < 4.78 is 14.4. The van der Waals surface area contributed by atoms with Gasteiger partial charge >= 0.3 is 0 Å². The Bertz CT molecular complexity index is 871. The zero-order chi connectivity index (χ0) is 17.8. The van der Waals surface area contributed by atoms with E-state index in [1.807, 2.05) is 12.1 Å². The van der Waals surface area contributed by atoms with Crippen LogP contribution in [-0.4, -0.2) is 27.3 Å². The molecule has 0 saturated heterocycles. The highest BCUT2D eigenvalue weighted by molar-refractivity contribution is 6.11. The number of anilines is 1. The summed E-state index contributed by atoms with van der Waals surface area (Å²) in [6, 6.07) is 12.9. The van der Waals surface area contributed by atoms with Crippen LogP contribution in [0.2, 0.25) is 0 Å². The van der Waals surface area contributed by atoms with Gasteiger partial charge in [-0.25, -0.2) is 9.07 Å². The first-order chi connectivity index (χ1) is 12.1. The molecule has 25 heavy (non-hydrogen) atoms. The second-order valence-corrected chi connectivity index (χ2v) is 5.68. The number of aliphatic hydroxyl groups is 1. The molecule has 3 rings (SSSR count). The van der Waals surface area contributed by atoms with E-state index in [9.17, 15) is 9.18 Å². The molecule has 0 aliphatic rings. The van der Waals surface area contributed by atoms with Crippen LogP contribution in [0.4, 0.5) is 10.2 Å².